The van der Waals surface area contributed by atoms with Crippen molar-refractivity contribution in [2.45, 2.75) is 45.7 Å². The van der Waals surface area contributed by atoms with E-state index < -0.39 is 0 Å². The van der Waals surface area contributed by atoms with E-state index in [1.807, 2.05) is 42.7 Å². The van der Waals surface area contributed by atoms with E-state index in [0.29, 0.717) is 29.4 Å². The number of carbonyl (C=O) groups is 1. The Balaban J connectivity index is 1.83. The first-order valence-corrected chi connectivity index (χ1v) is 9.44. The number of amides is 1. The molecule has 1 fully saturated rings. The van der Waals surface area contributed by atoms with Crippen LogP contribution in [-0.2, 0) is 17.8 Å². The van der Waals surface area contributed by atoms with Gasteiger partial charge in [0.15, 0.2) is 5.82 Å². The summed E-state index contributed by atoms with van der Waals surface area (Å²) in [6, 6.07) is 8.09. The van der Waals surface area contributed by atoms with Crippen LogP contribution in [0.3, 0.4) is 0 Å². The van der Waals surface area contributed by atoms with Crippen molar-refractivity contribution in [1.82, 2.24) is 24.5 Å². The second-order valence-corrected chi connectivity index (χ2v) is 7.30. The van der Waals surface area contributed by atoms with Crippen molar-refractivity contribution in [2.24, 2.45) is 0 Å². The van der Waals surface area contributed by atoms with Gasteiger partial charge in [-0.25, -0.2) is 0 Å². The molecule has 0 bridgehead atoms. The molecule has 3 aromatic rings. The molecule has 7 heteroatoms. The van der Waals surface area contributed by atoms with Crippen molar-refractivity contribution in [3.8, 4) is 11.4 Å². The van der Waals surface area contributed by atoms with Gasteiger partial charge in [0.1, 0.15) is 0 Å². The quantitative estimate of drug-likeness (QED) is 0.668. The summed E-state index contributed by atoms with van der Waals surface area (Å²) in [5.74, 6) is 0.796. The fraction of sp³-hybridized carbons (Fsp3) is 0.333. The van der Waals surface area contributed by atoms with E-state index in [1.54, 1.807) is 6.08 Å². The molecule has 0 aliphatic heterocycles. The van der Waals surface area contributed by atoms with Crippen LogP contribution in [0.2, 0.25) is 0 Å². The number of hydrogen-bond acceptors (Lipinski definition) is 4. The molecule has 144 valence electrons. The van der Waals surface area contributed by atoms with Crippen LogP contribution in [0.1, 0.15) is 29.7 Å². The summed E-state index contributed by atoms with van der Waals surface area (Å²) in [6.07, 6.45) is 3.79. The lowest BCUT2D eigenvalue weighted by molar-refractivity contribution is -0.120. The Morgan fingerprint density at radius 1 is 1.29 bits per heavy atom. The number of aryl methyl sites for hydroxylation is 1. The predicted octanol–water partition coefficient (Wildman–Crippen LogP) is 2.18. The highest BCUT2D eigenvalue weighted by molar-refractivity contribution is 5.79. The highest BCUT2D eigenvalue weighted by atomic mass is 16.2. The Morgan fingerprint density at radius 2 is 2.00 bits per heavy atom. The molecule has 1 aliphatic rings. The van der Waals surface area contributed by atoms with E-state index >= 15 is 0 Å². The van der Waals surface area contributed by atoms with E-state index in [-0.39, 0.29) is 23.9 Å². The van der Waals surface area contributed by atoms with Crippen molar-refractivity contribution in [2.75, 3.05) is 0 Å². The van der Waals surface area contributed by atoms with Crippen LogP contribution in [0, 0.1) is 13.8 Å². The molecule has 1 N–H and O–H groups in total. The molecule has 0 radical (unpaired) electrons. The number of hydrogen-bond donors (Lipinski definition) is 1. The third-order valence-corrected chi connectivity index (χ3v) is 5.02. The smallest absolute Gasteiger partial charge is 0.279 e. The molecule has 7 nitrogen and oxygen atoms in total. The van der Waals surface area contributed by atoms with Gasteiger partial charge in [-0.2, -0.15) is 9.50 Å². The fourth-order valence-corrected chi connectivity index (χ4v) is 3.25. The second kappa shape index (κ2) is 7.07. The zero-order chi connectivity index (χ0) is 19.8. The summed E-state index contributed by atoms with van der Waals surface area (Å²) in [4.78, 5) is 30.0. The Labute approximate surface area is 162 Å². The highest BCUT2D eigenvalue weighted by Gasteiger charge is 2.25. The minimum atomic E-state index is -0.301. The van der Waals surface area contributed by atoms with Crippen molar-refractivity contribution in [1.29, 1.82) is 0 Å². The number of nitrogens with zero attached hydrogens (tertiary/aromatic N) is 4. The van der Waals surface area contributed by atoms with Crippen LogP contribution in [0.25, 0.3) is 17.2 Å². The number of fused-ring (bicyclic) bond motifs is 1. The summed E-state index contributed by atoms with van der Waals surface area (Å²) >= 11 is 0. The monoisotopic (exact) mass is 377 g/mol. The average molecular weight is 377 g/mol. The SMILES string of the molecule is C=CCn1c(C)c(CC(=O)NC2CC2)c(=O)n2nc(-c3ccc(C)cc3)nc12. The van der Waals surface area contributed by atoms with Crippen LogP contribution >= 0.6 is 0 Å². The molecule has 1 saturated carbocycles. The largest absolute Gasteiger partial charge is 0.353 e. The molecule has 1 aromatic carbocycles. The average Bonchev–Trinajstić information content (AvgIpc) is 3.37. The maximum atomic E-state index is 13.1. The Morgan fingerprint density at radius 3 is 2.64 bits per heavy atom. The minimum absolute atomic E-state index is 0.0357. The maximum Gasteiger partial charge on any atom is 0.279 e. The second-order valence-electron chi connectivity index (χ2n) is 7.30. The molecule has 4 rings (SSSR count). The van der Waals surface area contributed by atoms with Gasteiger partial charge in [-0.3, -0.25) is 9.59 Å². The van der Waals surface area contributed by atoms with E-state index in [1.165, 1.54) is 4.52 Å². The van der Waals surface area contributed by atoms with Crippen LogP contribution < -0.4 is 10.9 Å². The van der Waals surface area contributed by atoms with E-state index in [2.05, 4.69) is 22.0 Å². The van der Waals surface area contributed by atoms with Gasteiger partial charge in [0.2, 0.25) is 11.7 Å². The Bertz CT molecular complexity index is 1120. The van der Waals surface area contributed by atoms with Gasteiger partial charge in [0, 0.05) is 29.4 Å². The lowest BCUT2D eigenvalue weighted by atomic mass is 10.1. The van der Waals surface area contributed by atoms with Crippen molar-refractivity contribution in [3.63, 3.8) is 0 Å². The Kier molecular flexibility index (Phi) is 4.58. The van der Waals surface area contributed by atoms with Gasteiger partial charge < -0.3 is 9.88 Å². The van der Waals surface area contributed by atoms with Crippen LogP contribution in [0.5, 0.6) is 0 Å². The number of aromatic nitrogens is 4. The number of rotatable bonds is 6. The summed E-state index contributed by atoms with van der Waals surface area (Å²) < 4.78 is 3.17. The summed E-state index contributed by atoms with van der Waals surface area (Å²) in [5, 5.41) is 7.38. The molecule has 0 saturated heterocycles. The summed E-state index contributed by atoms with van der Waals surface area (Å²) in [5.41, 5.74) is 2.83. The van der Waals surface area contributed by atoms with E-state index in [0.717, 1.165) is 24.0 Å². The minimum Gasteiger partial charge on any atom is -0.353 e. The van der Waals surface area contributed by atoms with Gasteiger partial charge in [0.05, 0.1) is 6.42 Å². The van der Waals surface area contributed by atoms with Gasteiger partial charge in [0.25, 0.3) is 5.56 Å². The summed E-state index contributed by atoms with van der Waals surface area (Å²) in [7, 11) is 0. The van der Waals surface area contributed by atoms with Crippen molar-refractivity contribution >= 4 is 11.7 Å². The predicted molar refractivity (Wildman–Crippen MR) is 107 cm³/mol. The molecule has 1 aliphatic carbocycles. The van der Waals surface area contributed by atoms with Crippen molar-refractivity contribution < 1.29 is 4.79 Å². The molecule has 28 heavy (non-hydrogen) atoms. The number of benzene rings is 1. The lowest BCUT2D eigenvalue weighted by Gasteiger charge is -2.13. The van der Waals surface area contributed by atoms with Crippen LogP contribution in [0.4, 0.5) is 0 Å². The lowest BCUT2D eigenvalue weighted by Crippen LogP contribution is -2.33. The van der Waals surface area contributed by atoms with Gasteiger partial charge in [-0.1, -0.05) is 35.9 Å². The molecule has 2 heterocycles. The molecule has 0 atom stereocenters. The topological polar surface area (TPSA) is 81.3 Å². The zero-order valence-electron chi connectivity index (χ0n) is 16.1. The molecular formula is C21H23N5O2. The van der Waals surface area contributed by atoms with Gasteiger partial charge in [-0.05, 0) is 26.7 Å². The third kappa shape index (κ3) is 3.35. The molecule has 1 amide bonds. The normalized spacial score (nSPS) is 13.6. The van der Waals surface area contributed by atoms with E-state index in [4.69, 9.17) is 0 Å². The highest BCUT2D eigenvalue weighted by Crippen LogP contribution is 2.20. The van der Waals surface area contributed by atoms with Crippen molar-refractivity contribution in [3.05, 3.63) is 64.1 Å². The summed E-state index contributed by atoms with van der Waals surface area (Å²) in [6.45, 7) is 8.12. The Hall–Kier alpha value is -3.22. The van der Waals surface area contributed by atoms with Gasteiger partial charge >= 0.3 is 0 Å². The first kappa shape index (κ1) is 18.2. The molecule has 0 spiro atoms. The maximum absolute atomic E-state index is 13.1. The first-order valence-electron chi connectivity index (χ1n) is 9.44. The molecule has 2 aromatic heterocycles. The van der Waals surface area contributed by atoms with Gasteiger partial charge in [-0.15, -0.1) is 11.7 Å². The fourth-order valence-electron chi connectivity index (χ4n) is 3.25. The molecular weight excluding hydrogens is 354 g/mol. The third-order valence-electron chi connectivity index (χ3n) is 5.02. The number of allylic oxidation sites excluding steroid dienone is 1. The van der Waals surface area contributed by atoms with E-state index in [9.17, 15) is 9.59 Å². The number of nitrogens with one attached hydrogen (secondary N) is 1. The molecule has 0 unspecified atom stereocenters. The standard InChI is InChI=1S/C21H23N5O2/c1-4-11-25-14(3)17(12-18(27)22-16-9-10-16)20(28)26-21(25)23-19(24-26)15-7-5-13(2)6-8-15/h4-8,16H,1,9-12H2,2-3H3,(H,22,27). The zero-order valence-corrected chi connectivity index (χ0v) is 16.1. The first-order chi connectivity index (χ1) is 13.5. The number of carbonyl (C=O) groups excluding carboxylic acids is 1. The van der Waals surface area contributed by atoms with Crippen LogP contribution in [0.15, 0.2) is 41.7 Å². The van der Waals surface area contributed by atoms with Crippen LogP contribution in [-0.4, -0.2) is 31.1 Å².